The number of methoxy groups -OCH3 is 1. The second-order valence-electron chi connectivity index (χ2n) is 7.48. The highest BCUT2D eigenvalue weighted by molar-refractivity contribution is 5.83. The number of esters is 1. The van der Waals surface area contributed by atoms with E-state index >= 15 is 0 Å². The number of rotatable bonds is 5. The smallest absolute Gasteiger partial charge is 0.351 e. The van der Waals surface area contributed by atoms with Crippen LogP contribution in [0.15, 0.2) is 48.5 Å². The average molecular weight is 426 g/mol. The number of para-hydroxylation sites is 2. The summed E-state index contributed by atoms with van der Waals surface area (Å²) in [6.45, 7) is 3.97. The number of anilines is 1. The summed E-state index contributed by atoms with van der Waals surface area (Å²) in [7, 11) is 1.64. The number of nitrogens with zero attached hydrogens (tertiary/aromatic N) is 2. The van der Waals surface area contributed by atoms with Crippen LogP contribution in [0, 0.1) is 0 Å². The van der Waals surface area contributed by atoms with Crippen molar-refractivity contribution in [2.75, 3.05) is 44.8 Å². The second kappa shape index (κ2) is 9.16. The van der Waals surface area contributed by atoms with E-state index in [1.807, 2.05) is 30.3 Å². The van der Waals surface area contributed by atoms with Crippen LogP contribution in [0.25, 0.3) is 0 Å². The molecule has 0 aromatic heterocycles. The SMILES string of the molecule is COc1ccc(N2CCN(C(=O)COC(=O)C3Oc4ccccc4OC3C)CC2)cc1. The lowest BCUT2D eigenvalue weighted by molar-refractivity contribution is -0.162. The van der Waals surface area contributed by atoms with Crippen molar-refractivity contribution in [3.63, 3.8) is 0 Å². The molecule has 0 radical (unpaired) electrons. The van der Waals surface area contributed by atoms with Gasteiger partial charge in [-0.05, 0) is 43.3 Å². The van der Waals surface area contributed by atoms with Gasteiger partial charge in [0.2, 0.25) is 6.10 Å². The first-order valence-corrected chi connectivity index (χ1v) is 10.3. The normalized spacial score (nSPS) is 20.2. The summed E-state index contributed by atoms with van der Waals surface area (Å²) in [6, 6.07) is 15.0. The van der Waals surface area contributed by atoms with E-state index in [0.717, 1.165) is 11.4 Å². The van der Waals surface area contributed by atoms with Gasteiger partial charge in [0.1, 0.15) is 11.9 Å². The molecule has 31 heavy (non-hydrogen) atoms. The Morgan fingerprint density at radius 2 is 1.61 bits per heavy atom. The fraction of sp³-hybridized carbons (Fsp3) is 0.391. The lowest BCUT2D eigenvalue weighted by Crippen LogP contribution is -2.50. The van der Waals surface area contributed by atoms with Crippen LogP contribution in [-0.2, 0) is 14.3 Å². The lowest BCUT2D eigenvalue weighted by Gasteiger charge is -2.36. The highest BCUT2D eigenvalue weighted by Crippen LogP contribution is 2.33. The highest BCUT2D eigenvalue weighted by Gasteiger charge is 2.36. The number of carbonyl (C=O) groups is 2. The van der Waals surface area contributed by atoms with E-state index < -0.39 is 18.2 Å². The Morgan fingerprint density at radius 3 is 2.26 bits per heavy atom. The van der Waals surface area contributed by atoms with Gasteiger partial charge in [-0.3, -0.25) is 4.79 Å². The maximum absolute atomic E-state index is 12.5. The van der Waals surface area contributed by atoms with Gasteiger partial charge in [0.05, 0.1) is 7.11 Å². The van der Waals surface area contributed by atoms with Gasteiger partial charge < -0.3 is 28.7 Å². The molecule has 2 atom stereocenters. The maximum atomic E-state index is 12.5. The third kappa shape index (κ3) is 4.68. The van der Waals surface area contributed by atoms with Crippen LogP contribution < -0.4 is 19.1 Å². The first-order chi connectivity index (χ1) is 15.0. The Bertz CT molecular complexity index is 924. The molecule has 1 fully saturated rings. The zero-order chi connectivity index (χ0) is 21.8. The molecular weight excluding hydrogens is 400 g/mol. The Labute approximate surface area is 181 Å². The minimum absolute atomic E-state index is 0.215. The van der Waals surface area contributed by atoms with E-state index in [1.54, 1.807) is 37.1 Å². The summed E-state index contributed by atoms with van der Waals surface area (Å²) < 4.78 is 21.9. The summed E-state index contributed by atoms with van der Waals surface area (Å²) in [5, 5.41) is 0. The van der Waals surface area contributed by atoms with Crippen molar-refractivity contribution in [1.82, 2.24) is 4.90 Å². The number of ether oxygens (including phenoxy) is 4. The molecule has 164 valence electrons. The van der Waals surface area contributed by atoms with Gasteiger partial charge in [0.15, 0.2) is 18.1 Å². The van der Waals surface area contributed by atoms with E-state index in [-0.39, 0.29) is 12.5 Å². The van der Waals surface area contributed by atoms with Crippen LogP contribution in [0.4, 0.5) is 5.69 Å². The summed E-state index contributed by atoms with van der Waals surface area (Å²) >= 11 is 0. The van der Waals surface area contributed by atoms with Crippen molar-refractivity contribution in [2.24, 2.45) is 0 Å². The molecule has 0 N–H and O–H groups in total. The topological polar surface area (TPSA) is 77.5 Å². The molecule has 0 aliphatic carbocycles. The number of carbonyl (C=O) groups excluding carboxylic acids is 2. The molecule has 2 aromatic rings. The average Bonchev–Trinajstić information content (AvgIpc) is 2.82. The largest absolute Gasteiger partial charge is 0.497 e. The van der Waals surface area contributed by atoms with Gasteiger partial charge in [-0.1, -0.05) is 12.1 Å². The Morgan fingerprint density at radius 1 is 0.968 bits per heavy atom. The molecule has 2 heterocycles. The molecule has 4 rings (SSSR count). The fourth-order valence-electron chi connectivity index (χ4n) is 3.69. The number of fused-ring (bicyclic) bond motifs is 1. The van der Waals surface area contributed by atoms with Crippen molar-refractivity contribution in [3.8, 4) is 17.2 Å². The van der Waals surface area contributed by atoms with Crippen molar-refractivity contribution in [1.29, 1.82) is 0 Å². The molecule has 2 unspecified atom stereocenters. The molecule has 8 nitrogen and oxygen atoms in total. The van der Waals surface area contributed by atoms with Crippen molar-refractivity contribution < 1.29 is 28.5 Å². The summed E-state index contributed by atoms with van der Waals surface area (Å²) in [5.41, 5.74) is 1.09. The van der Waals surface area contributed by atoms with Gasteiger partial charge in [-0.25, -0.2) is 4.79 Å². The second-order valence-corrected chi connectivity index (χ2v) is 7.48. The number of benzene rings is 2. The molecule has 0 spiro atoms. The number of amides is 1. The van der Waals surface area contributed by atoms with Crippen LogP contribution >= 0.6 is 0 Å². The van der Waals surface area contributed by atoms with Crippen LogP contribution in [-0.4, -0.2) is 68.9 Å². The van der Waals surface area contributed by atoms with Gasteiger partial charge >= 0.3 is 5.97 Å². The van der Waals surface area contributed by atoms with E-state index in [9.17, 15) is 9.59 Å². The first-order valence-electron chi connectivity index (χ1n) is 10.3. The molecular formula is C23H26N2O6. The molecule has 1 saturated heterocycles. The zero-order valence-electron chi connectivity index (χ0n) is 17.7. The number of hydrogen-bond donors (Lipinski definition) is 0. The predicted octanol–water partition coefficient (Wildman–Crippen LogP) is 2.12. The van der Waals surface area contributed by atoms with Crippen molar-refractivity contribution >= 4 is 17.6 Å². The van der Waals surface area contributed by atoms with E-state index in [1.165, 1.54) is 0 Å². The minimum Gasteiger partial charge on any atom is -0.497 e. The summed E-state index contributed by atoms with van der Waals surface area (Å²) in [4.78, 5) is 28.9. The molecule has 0 saturated carbocycles. The van der Waals surface area contributed by atoms with E-state index in [0.29, 0.717) is 37.7 Å². The maximum Gasteiger partial charge on any atom is 0.351 e. The van der Waals surface area contributed by atoms with Gasteiger partial charge in [0, 0.05) is 31.9 Å². The van der Waals surface area contributed by atoms with Crippen LogP contribution in [0.3, 0.4) is 0 Å². The van der Waals surface area contributed by atoms with Crippen LogP contribution in [0.2, 0.25) is 0 Å². The van der Waals surface area contributed by atoms with E-state index in [4.69, 9.17) is 18.9 Å². The van der Waals surface area contributed by atoms with Gasteiger partial charge in [-0.15, -0.1) is 0 Å². The Balaban J connectivity index is 1.25. The van der Waals surface area contributed by atoms with Gasteiger partial charge in [-0.2, -0.15) is 0 Å². The van der Waals surface area contributed by atoms with Crippen molar-refractivity contribution in [2.45, 2.75) is 19.1 Å². The number of piperazine rings is 1. The monoisotopic (exact) mass is 426 g/mol. The van der Waals surface area contributed by atoms with Crippen LogP contribution in [0.5, 0.6) is 17.2 Å². The fourth-order valence-corrected chi connectivity index (χ4v) is 3.69. The third-order valence-electron chi connectivity index (χ3n) is 5.48. The zero-order valence-corrected chi connectivity index (χ0v) is 17.7. The molecule has 8 heteroatoms. The standard InChI is InChI=1S/C23H26N2O6/c1-16-22(31-20-6-4-3-5-19(20)30-16)23(27)29-15-21(26)25-13-11-24(12-14-25)17-7-9-18(28-2)10-8-17/h3-10,16,22H,11-15H2,1-2H3. The first kappa shape index (κ1) is 20.8. The summed E-state index contributed by atoms with van der Waals surface area (Å²) in [6.07, 6.45) is -1.42. The van der Waals surface area contributed by atoms with Gasteiger partial charge in [0.25, 0.3) is 5.91 Å². The Kier molecular flexibility index (Phi) is 6.16. The quantitative estimate of drug-likeness (QED) is 0.678. The predicted molar refractivity (Wildman–Crippen MR) is 114 cm³/mol. The van der Waals surface area contributed by atoms with Crippen LogP contribution in [0.1, 0.15) is 6.92 Å². The molecule has 2 aliphatic heterocycles. The molecule has 2 aromatic carbocycles. The number of hydrogen-bond acceptors (Lipinski definition) is 7. The van der Waals surface area contributed by atoms with E-state index in [2.05, 4.69) is 4.90 Å². The summed E-state index contributed by atoms with van der Waals surface area (Å²) in [5.74, 6) is 1.07. The highest BCUT2D eigenvalue weighted by atomic mass is 16.6. The van der Waals surface area contributed by atoms with Crippen molar-refractivity contribution in [3.05, 3.63) is 48.5 Å². The molecule has 0 bridgehead atoms. The Hall–Kier alpha value is -3.42. The third-order valence-corrected chi connectivity index (χ3v) is 5.48. The lowest BCUT2D eigenvalue weighted by atomic mass is 10.2. The molecule has 2 aliphatic rings. The minimum atomic E-state index is -0.908. The molecule has 1 amide bonds.